The molecule has 1 aliphatic heterocycles. The van der Waals surface area contributed by atoms with E-state index in [0.29, 0.717) is 6.42 Å². The Hall–Kier alpha value is -2.03. The summed E-state index contributed by atoms with van der Waals surface area (Å²) in [7, 11) is 0. The van der Waals surface area contributed by atoms with Crippen LogP contribution in [0.4, 0.5) is 0 Å². The third-order valence-corrected chi connectivity index (χ3v) is 6.40. The normalized spacial score (nSPS) is 16.5. The van der Waals surface area contributed by atoms with Crippen LogP contribution < -0.4 is 10.7 Å². The number of rotatable bonds is 4. The minimum Gasteiger partial charge on any atom is -0.326 e. The van der Waals surface area contributed by atoms with Crippen molar-refractivity contribution in [1.29, 1.82) is 0 Å². The summed E-state index contributed by atoms with van der Waals surface area (Å²) in [6.07, 6.45) is 2.19. The summed E-state index contributed by atoms with van der Waals surface area (Å²) in [5.41, 5.74) is 4.73. The van der Waals surface area contributed by atoms with Gasteiger partial charge < -0.3 is 5.32 Å². The van der Waals surface area contributed by atoms with Gasteiger partial charge in [-0.05, 0) is 46.3 Å². The van der Waals surface area contributed by atoms with E-state index in [-0.39, 0.29) is 11.4 Å². The SMILES string of the molecule is O=C(Cc1ccsc1)NC1NN=C(Sc2ccnc3ccccc23)S1. The zero-order valence-corrected chi connectivity index (χ0v) is 15.5. The minimum absolute atomic E-state index is 0.0146. The van der Waals surface area contributed by atoms with Gasteiger partial charge in [-0.1, -0.05) is 30.0 Å². The van der Waals surface area contributed by atoms with E-state index >= 15 is 0 Å². The zero-order chi connectivity index (χ0) is 17.1. The number of para-hydroxylation sites is 1. The second-order valence-electron chi connectivity index (χ2n) is 5.31. The number of amides is 1. The largest absolute Gasteiger partial charge is 0.326 e. The molecule has 5 nitrogen and oxygen atoms in total. The summed E-state index contributed by atoms with van der Waals surface area (Å²) < 4.78 is 0.872. The van der Waals surface area contributed by atoms with Gasteiger partial charge in [-0.25, -0.2) is 0 Å². The van der Waals surface area contributed by atoms with Crippen molar-refractivity contribution in [2.24, 2.45) is 5.10 Å². The van der Waals surface area contributed by atoms with Gasteiger partial charge in [0.1, 0.15) is 0 Å². The number of thiophene rings is 1. The molecule has 0 bridgehead atoms. The van der Waals surface area contributed by atoms with Crippen molar-refractivity contribution >= 4 is 56.0 Å². The van der Waals surface area contributed by atoms with Gasteiger partial charge >= 0.3 is 0 Å². The molecule has 0 saturated carbocycles. The molecule has 126 valence electrons. The zero-order valence-electron chi connectivity index (χ0n) is 13.0. The Morgan fingerprint density at radius 2 is 2.20 bits per heavy atom. The number of carbonyl (C=O) groups is 1. The predicted octanol–water partition coefficient (Wildman–Crippen LogP) is 3.64. The highest BCUT2D eigenvalue weighted by Gasteiger charge is 2.22. The summed E-state index contributed by atoms with van der Waals surface area (Å²) in [4.78, 5) is 17.6. The number of hydrogen-bond donors (Lipinski definition) is 2. The van der Waals surface area contributed by atoms with Gasteiger partial charge in [0.2, 0.25) is 5.91 Å². The summed E-state index contributed by atoms with van der Waals surface area (Å²) in [6.45, 7) is 0. The molecule has 3 aromatic rings. The Labute approximate surface area is 157 Å². The molecular formula is C17H14N4OS3. The summed E-state index contributed by atoms with van der Waals surface area (Å²) >= 11 is 4.68. The Morgan fingerprint density at radius 1 is 1.28 bits per heavy atom. The molecule has 8 heteroatoms. The van der Waals surface area contributed by atoms with Gasteiger partial charge in [-0.3, -0.25) is 15.2 Å². The molecule has 0 fully saturated rings. The fraction of sp³-hybridized carbons (Fsp3) is 0.118. The monoisotopic (exact) mass is 386 g/mol. The van der Waals surface area contributed by atoms with Crippen molar-refractivity contribution in [3.8, 4) is 0 Å². The van der Waals surface area contributed by atoms with Crippen molar-refractivity contribution in [2.75, 3.05) is 0 Å². The summed E-state index contributed by atoms with van der Waals surface area (Å²) in [5.74, 6) is -0.0146. The number of nitrogens with one attached hydrogen (secondary N) is 2. The van der Waals surface area contributed by atoms with Crippen LogP contribution in [-0.2, 0) is 11.2 Å². The van der Waals surface area contributed by atoms with Crippen LogP contribution in [0.3, 0.4) is 0 Å². The first-order chi connectivity index (χ1) is 12.3. The third-order valence-electron chi connectivity index (χ3n) is 3.53. The van der Waals surface area contributed by atoms with Crippen molar-refractivity contribution in [3.05, 3.63) is 58.9 Å². The quantitative estimate of drug-likeness (QED) is 0.717. The lowest BCUT2D eigenvalue weighted by atomic mass is 10.2. The van der Waals surface area contributed by atoms with Crippen molar-refractivity contribution in [2.45, 2.75) is 16.8 Å². The summed E-state index contributed by atoms with van der Waals surface area (Å²) in [5, 5.41) is 12.3. The molecule has 2 aromatic heterocycles. The standard InChI is InChI=1S/C17H14N4OS3/c22-15(9-11-6-8-23-10-11)19-16-20-21-17(25-16)24-14-5-7-18-13-4-2-1-3-12(13)14/h1-8,10,16,20H,9H2,(H,19,22). The maximum atomic E-state index is 12.1. The van der Waals surface area contributed by atoms with Gasteiger partial charge in [-0.15, -0.1) is 0 Å². The fourth-order valence-corrected chi connectivity index (χ4v) is 5.12. The fourth-order valence-electron chi connectivity index (χ4n) is 2.40. The molecule has 1 aliphatic rings. The van der Waals surface area contributed by atoms with E-state index in [9.17, 15) is 4.79 Å². The minimum atomic E-state index is -0.235. The molecule has 2 N–H and O–H groups in total. The topological polar surface area (TPSA) is 66.4 Å². The maximum Gasteiger partial charge on any atom is 0.226 e. The first-order valence-electron chi connectivity index (χ1n) is 7.60. The molecule has 0 radical (unpaired) electrons. The van der Waals surface area contributed by atoms with Gasteiger partial charge in [-0.2, -0.15) is 16.4 Å². The highest BCUT2D eigenvalue weighted by atomic mass is 32.2. The van der Waals surface area contributed by atoms with E-state index < -0.39 is 0 Å². The van der Waals surface area contributed by atoms with Crippen LogP contribution in [0.25, 0.3) is 10.9 Å². The van der Waals surface area contributed by atoms with E-state index in [4.69, 9.17) is 0 Å². The Kier molecular flexibility index (Phi) is 4.91. The molecular weight excluding hydrogens is 372 g/mol. The van der Waals surface area contributed by atoms with E-state index in [2.05, 4.69) is 26.9 Å². The number of pyridine rings is 1. The number of benzene rings is 1. The van der Waals surface area contributed by atoms with Crippen LogP contribution in [0.1, 0.15) is 5.56 Å². The number of carbonyl (C=O) groups excluding carboxylic acids is 1. The van der Waals surface area contributed by atoms with Gasteiger partial charge in [0.25, 0.3) is 0 Å². The van der Waals surface area contributed by atoms with E-state index in [0.717, 1.165) is 25.7 Å². The molecule has 1 amide bonds. The number of hydrogen-bond acceptors (Lipinski definition) is 7. The van der Waals surface area contributed by atoms with E-state index in [1.807, 2.05) is 41.1 Å². The van der Waals surface area contributed by atoms with E-state index in [1.165, 1.54) is 11.8 Å². The first-order valence-corrected chi connectivity index (χ1v) is 10.2. The molecule has 1 aromatic carbocycles. The average Bonchev–Trinajstić information content (AvgIpc) is 3.27. The molecule has 1 unspecified atom stereocenters. The van der Waals surface area contributed by atoms with Crippen molar-refractivity contribution in [1.82, 2.24) is 15.7 Å². The lowest BCUT2D eigenvalue weighted by Crippen LogP contribution is -2.39. The lowest BCUT2D eigenvalue weighted by molar-refractivity contribution is -0.120. The second-order valence-corrected chi connectivity index (χ2v) is 8.47. The second kappa shape index (κ2) is 7.47. The summed E-state index contributed by atoms with van der Waals surface area (Å²) in [6, 6.07) is 12.0. The van der Waals surface area contributed by atoms with Crippen LogP contribution in [0.15, 0.2) is 63.4 Å². The molecule has 3 heterocycles. The number of thioether (sulfide) groups is 2. The van der Waals surface area contributed by atoms with Crippen LogP contribution in [0, 0.1) is 0 Å². The average molecular weight is 387 g/mol. The van der Waals surface area contributed by atoms with Crippen LogP contribution >= 0.6 is 34.9 Å². The van der Waals surface area contributed by atoms with Crippen molar-refractivity contribution < 1.29 is 4.79 Å². The van der Waals surface area contributed by atoms with Gasteiger partial charge in [0.05, 0.1) is 11.9 Å². The number of fused-ring (bicyclic) bond motifs is 1. The van der Waals surface area contributed by atoms with Gasteiger partial charge in [0, 0.05) is 16.5 Å². The Morgan fingerprint density at radius 3 is 3.08 bits per heavy atom. The van der Waals surface area contributed by atoms with Crippen LogP contribution in [0.5, 0.6) is 0 Å². The highest BCUT2D eigenvalue weighted by Crippen LogP contribution is 2.33. The van der Waals surface area contributed by atoms with Crippen molar-refractivity contribution in [3.63, 3.8) is 0 Å². The number of aromatic nitrogens is 1. The maximum absolute atomic E-state index is 12.1. The smallest absolute Gasteiger partial charge is 0.226 e. The molecule has 4 rings (SSSR count). The number of nitrogens with zero attached hydrogens (tertiary/aromatic N) is 2. The van der Waals surface area contributed by atoms with E-state index in [1.54, 1.807) is 29.3 Å². The Balaban J connectivity index is 1.36. The first kappa shape index (κ1) is 16.4. The van der Waals surface area contributed by atoms with Crippen LogP contribution in [-0.4, -0.2) is 20.8 Å². The molecule has 0 spiro atoms. The molecule has 0 aliphatic carbocycles. The number of hydrazone groups is 1. The van der Waals surface area contributed by atoms with Gasteiger partial charge in [0.15, 0.2) is 9.87 Å². The third kappa shape index (κ3) is 3.97. The predicted molar refractivity (Wildman–Crippen MR) is 106 cm³/mol. The van der Waals surface area contributed by atoms with Crippen LogP contribution in [0.2, 0.25) is 0 Å². The highest BCUT2D eigenvalue weighted by molar-refractivity contribution is 8.39. The lowest BCUT2D eigenvalue weighted by Gasteiger charge is -2.11. The molecule has 1 atom stereocenters. The molecule has 25 heavy (non-hydrogen) atoms. The molecule has 0 saturated heterocycles. The Bertz CT molecular complexity index is 921.